The second-order valence-electron chi connectivity index (χ2n) is 10.1. The fourth-order valence-corrected chi connectivity index (χ4v) is 4.75. The molecule has 3 rings (SSSR count). The summed E-state index contributed by atoms with van der Waals surface area (Å²) in [6, 6.07) is 11.8. The minimum absolute atomic E-state index is 0.0541. The fraction of sp³-hybridized carbons (Fsp3) is 0.448. The van der Waals surface area contributed by atoms with Crippen LogP contribution >= 0.6 is 0 Å². The summed E-state index contributed by atoms with van der Waals surface area (Å²) in [5.74, 6) is -2.90. The van der Waals surface area contributed by atoms with Gasteiger partial charge in [0.1, 0.15) is 23.9 Å². The Kier molecular flexibility index (Phi) is 10.4. The van der Waals surface area contributed by atoms with Crippen LogP contribution in [0.1, 0.15) is 44.2 Å². The Labute approximate surface area is 228 Å². The zero-order valence-electron chi connectivity index (χ0n) is 22.4. The van der Waals surface area contributed by atoms with Crippen molar-refractivity contribution in [3.05, 3.63) is 65.7 Å². The first-order chi connectivity index (χ1) is 18.6. The third kappa shape index (κ3) is 8.03. The van der Waals surface area contributed by atoms with Crippen LogP contribution in [0.5, 0.6) is 5.75 Å². The zero-order chi connectivity index (χ0) is 28.5. The van der Waals surface area contributed by atoms with Crippen molar-refractivity contribution in [1.82, 2.24) is 15.5 Å². The predicted molar refractivity (Wildman–Crippen MR) is 146 cm³/mol. The number of carbonyl (C=O) groups is 4. The number of nitrogens with two attached hydrogens (primary N) is 1. The van der Waals surface area contributed by atoms with E-state index in [2.05, 4.69) is 10.6 Å². The van der Waals surface area contributed by atoms with Crippen molar-refractivity contribution in [1.29, 1.82) is 0 Å². The minimum Gasteiger partial charge on any atom is -0.508 e. The summed E-state index contributed by atoms with van der Waals surface area (Å²) in [6.07, 6.45) is 1.98. The van der Waals surface area contributed by atoms with Gasteiger partial charge in [0.25, 0.3) is 0 Å². The lowest BCUT2D eigenvalue weighted by atomic mass is 9.98. The molecule has 10 nitrogen and oxygen atoms in total. The highest BCUT2D eigenvalue weighted by atomic mass is 16.4. The number of carboxylic acids is 1. The molecule has 0 bridgehead atoms. The predicted octanol–water partition coefficient (Wildman–Crippen LogP) is 1.60. The highest BCUT2D eigenvalue weighted by molar-refractivity contribution is 5.94. The number of hydrogen-bond acceptors (Lipinski definition) is 6. The molecule has 2 aromatic rings. The molecule has 1 aliphatic heterocycles. The van der Waals surface area contributed by atoms with Crippen molar-refractivity contribution in [3.8, 4) is 5.75 Å². The number of hydrogen-bond donors (Lipinski definition) is 5. The number of amides is 3. The Morgan fingerprint density at radius 3 is 2.26 bits per heavy atom. The standard InChI is InChI=1S/C29H38N4O6/c1-3-18(2)25(29(38)39)32-26(35)23(17-20-11-13-21(34)14-12-20)31-27(36)24-10-7-15-33(24)28(37)22(30)16-19-8-5-4-6-9-19/h4-6,8-9,11-14,18,22-25,34H,3,7,10,15-17,30H2,1-2H3,(H,31,36)(H,32,35)(H,38,39). The van der Waals surface area contributed by atoms with E-state index >= 15 is 0 Å². The van der Waals surface area contributed by atoms with Crippen LogP contribution in [0.25, 0.3) is 0 Å². The van der Waals surface area contributed by atoms with Crippen LogP contribution in [-0.2, 0) is 32.0 Å². The molecule has 210 valence electrons. The van der Waals surface area contributed by atoms with Gasteiger partial charge in [0.15, 0.2) is 0 Å². The third-order valence-corrected chi connectivity index (χ3v) is 7.24. The Balaban J connectivity index is 1.75. The van der Waals surface area contributed by atoms with Crippen molar-refractivity contribution in [2.45, 2.75) is 70.1 Å². The van der Waals surface area contributed by atoms with Gasteiger partial charge >= 0.3 is 5.97 Å². The number of carbonyl (C=O) groups excluding carboxylic acids is 3. The van der Waals surface area contributed by atoms with Gasteiger partial charge in [0.2, 0.25) is 17.7 Å². The molecule has 1 saturated heterocycles. The number of nitrogens with zero attached hydrogens (tertiary/aromatic N) is 1. The largest absolute Gasteiger partial charge is 0.508 e. The number of likely N-dealkylation sites (tertiary alicyclic amines) is 1. The number of phenols is 1. The van der Waals surface area contributed by atoms with Gasteiger partial charge in [0.05, 0.1) is 6.04 Å². The van der Waals surface area contributed by atoms with E-state index in [1.165, 1.54) is 17.0 Å². The topological polar surface area (TPSA) is 162 Å². The smallest absolute Gasteiger partial charge is 0.326 e. The number of aromatic hydroxyl groups is 1. The molecular formula is C29H38N4O6. The second kappa shape index (κ2) is 13.7. The third-order valence-electron chi connectivity index (χ3n) is 7.24. The van der Waals surface area contributed by atoms with E-state index in [0.29, 0.717) is 37.8 Å². The van der Waals surface area contributed by atoms with Gasteiger partial charge in [-0.25, -0.2) is 4.79 Å². The summed E-state index contributed by atoms with van der Waals surface area (Å²) in [4.78, 5) is 53.2. The zero-order valence-corrected chi connectivity index (χ0v) is 22.4. The highest BCUT2D eigenvalue weighted by Gasteiger charge is 2.38. The molecule has 0 radical (unpaired) electrons. The summed E-state index contributed by atoms with van der Waals surface area (Å²) in [7, 11) is 0. The monoisotopic (exact) mass is 538 g/mol. The molecule has 10 heteroatoms. The lowest BCUT2D eigenvalue weighted by Crippen LogP contribution is -2.58. The second-order valence-corrected chi connectivity index (χ2v) is 10.1. The van der Waals surface area contributed by atoms with Gasteiger partial charge in [0, 0.05) is 13.0 Å². The number of carboxylic acid groups (broad SMARTS) is 1. The van der Waals surface area contributed by atoms with Crippen LogP contribution in [0.4, 0.5) is 0 Å². The highest BCUT2D eigenvalue weighted by Crippen LogP contribution is 2.20. The lowest BCUT2D eigenvalue weighted by molar-refractivity contribution is -0.144. The lowest BCUT2D eigenvalue weighted by Gasteiger charge is -2.29. The van der Waals surface area contributed by atoms with E-state index in [4.69, 9.17) is 5.73 Å². The van der Waals surface area contributed by atoms with E-state index in [-0.39, 0.29) is 24.0 Å². The average molecular weight is 539 g/mol. The first kappa shape index (κ1) is 29.6. The molecule has 6 N–H and O–H groups in total. The average Bonchev–Trinajstić information content (AvgIpc) is 3.42. The first-order valence-corrected chi connectivity index (χ1v) is 13.3. The van der Waals surface area contributed by atoms with Crippen LogP contribution in [0.15, 0.2) is 54.6 Å². The van der Waals surface area contributed by atoms with E-state index in [1.54, 1.807) is 19.1 Å². The first-order valence-electron chi connectivity index (χ1n) is 13.3. The maximum atomic E-state index is 13.4. The Hall–Kier alpha value is -3.92. The molecule has 2 aromatic carbocycles. The van der Waals surface area contributed by atoms with Gasteiger partial charge in [-0.2, -0.15) is 0 Å². The van der Waals surface area contributed by atoms with Gasteiger partial charge < -0.3 is 31.5 Å². The van der Waals surface area contributed by atoms with Gasteiger partial charge in [-0.1, -0.05) is 62.7 Å². The quantitative estimate of drug-likeness (QED) is 0.274. The van der Waals surface area contributed by atoms with Crippen molar-refractivity contribution < 1.29 is 29.4 Å². The van der Waals surface area contributed by atoms with E-state index in [9.17, 15) is 29.4 Å². The molecular weight excluding hydrogens is 500 g/mol. The van der Waals surface area contributed by atoms with Crippen LogP contribution in [0.2, 0.25) is 0 Å². The molecule has 0 aliphatic carbocycles. The molecule has 0 spiro atoms. The normalized spacial score (nSPS) is 18.0. The Morgan fingerprint density at radius 2 is 1.64 bits per heavy atom. The SMILES string of the molecule is CCC(C)C(NC(=O)C(Cc1ccc(O)cc1)NC(=O)C1CCCN1C(=O)C(N)Cc1ccccc1)C(=O)O. The maximum Gasteiger partial charge on any atom is 0.326 e. The molecule has 0 aromatic heterocycles. The molecule has 1 aliphatic rings. The van der Waals surface area contributed by atoms with Crippen LogP contribution in [0.3, 0.4) is 0 Å². The van der Waals surface area contributed by atoms with Crippen molar-refractivity contribution >= 4 is 23.7 Å². The summed E-state index contributed by atoms with van der Waals surface area (Å²) in [6.45, 7) is 3.94. The molecule has 5 atom stereocenters. The van der Waals surface area contributed by atoms with E-state index in [0.717, 1.165) is 5.56 Å². The van der Waals surface area contributed by atoms with E-state index < -0.39 is 42.0 Å². The fourth-order valence-electron chi connectivity index (χ4n) is 4.75. The summed E-state index contributed by atoms with van der Waals surface area (Å²) in [5, 5.41) is 24.6. The number of benzene rings is 2. The Bertz CT molecular complexity index is 1140. The number of aliphatic carboxylic acids is 1. The summed E-state index contributed by atoms with van der Waals surface area (Å²) in [5.41, 5.74) is 7.79. The van der Waals surface area contributed by atoms with Crippen LogP contribution in [-0.4, -0.2) is 69.5 Å². The van der Waals surface area contributed by atoms with Crippen LogP contribution < -0.4 is 16.4 Å². The van der Waals surface area contributed by atoms with Gasteiger partial charge in [-0.3, -0.25) is 14.4 Å². The summed E-state index contributed by atoms with van der Waals surface area (Å²) < 4.78 is 0. The Morgan fingerprint density at radius 1 is 1.00 bits per heavy atom. The van der Waals surface area contributed by atoms with Gasteiger partial charge in [-0.15, -0.1) is 0 Å². The number of rotatable bonds is 12. The molecule has 1 fully saturated rings. The van der Waals surface area contributed by atoms with Crippen molar-refractivity contribution in [2.75, 3.05) is 6.54 Å². The molecule has 1 heterocycles. The molecule has 0 saturated carbocycles. The molecule has 3 amide bonds. The molecule has 39 heavy (non-hydrogen) atoms. The molecule has 5 unspecified atom stereocenters. The van der Waals surface area contributed by atoms with Gasteiger partial charge in [-0.05, 0) is 48.4 Å². The van der Waals surface area contributed by atoms with Crippen LogP contribution in [0, 0.1) is 5.92 Å². The van der Waals surface area contributed by atoms with Crippen molar-refractivity contribution in [3.63, 3.8) is 0 Å². The number of phenolic OH excluding ortho intramolecular Hbond substituents is 1. The number of nitrogens with one attached hydrogen (secondary N) is 2. The van der Waals surface area contributed by atoms with Crippen molar-refractivity contribution in [2.24, 2.45) is 11.7 Å². The summed E-state index contributed by atoms with van der Waals surface area (Å²) >= 11 is 0. The van der Waals surface area contributed by atoms with E-state index in [1.807, 2.05) is 37.3 Å². The maximum absolute atomic E-state index is 13.4. The minimum atomic E-state index is -1.16.